The zero-order valence-electron chi connectivity index (χ0n) is 5.29. The summed E-state index contributed by atoms with van der Waals surface area (Å²) in [4.78, 5) is 0. The highest BCUT2D eigenvalue weighted by atomic mass is 16.6. The molecule has 1 heterocycles. The molecule has 0 saturated heterocycles. The molecule has 1 atom stereocenters. The van der Waals surface area contributed by atoms with Crippen molar-refractivity contribution in [2.45, 2.75) is 19.1 Å². The molecular formula is C6H10O3. The van der Waals surface area contributed by atoms with Crippen LogP contribution in [0, 0.1) is 0 Å². The molecule has 1 aliphatic rings. The molecule has 3 nitrogen and oxygen atoms in total. The highest BCUT2D eigenvalue weighted by Gasteiger charge is 2.27. The summed E-state index contributed by atoms with van der Waals surface area (Å²) >= 11 is 0. The summed E-state index contributed by atoms with van der Waals surface area (Å²) in [6.07, 6.45) is 2.14. The van der Waals surface area contributed by atoms with Gasteiger partial charge in [0.15, 0.2) is 0 Å². The Morgan fingerprint density at radius 1 is 1.89 bits per heavy atom. The standard InChI is InChI=1S/C6H10O3/c1-6(8)3-2-5(4-7)9-6/h2,7-8H,3-4H2,1H3. The van der Waals surface area contributed by atoms with Crippen LogP contribution in [0.25, 0.3) is 0 Å². The smallest absolute Gasteiger partial charge is 0.208 e. The van der Waals surface area contributed by atoms with Gasteiger partial charge < -0.3 is 14.9 Å². The molecule has 0 aliphatic carbocycles. The average molecular weight is 130 g/mol. The number of ether oxygens (including phenoxy) is 1. The van der Waals surface area contributed by atoms with Crippen molar-refractivity contribution in [3.63, 3.8) is 0 Å². The van der Waals surface area contributed by atoms with E-state index in [4.69, 9.17) is 14.9 Å². The van der Waals surface area contributed by atoms with E-state index in [9.17, 15) is 0 Å². The second-order valence-corrected chi connectivity index (χ2v) is 2.31. The van der Waals surface area contributed by atoms with Crippen LogP contribution in [0.3, 0.4) is 0 Å². The second-order valence-electron chi connectivity index (χ2n) is 2.31. The minimum atomic E-state index is -1.09. The summed E-state index contributed by atoms with van der Waals surface area (Å²) < 4.78 is 4.86. The van der Waals surface area contributed by atoms with E-state index in [1.54, 1.807) is 13.0 Å². The lowest BCUT2D eigenvalue weighted by atomic mass is 10.2. The van der Waals surface area contributed by atoms with E-state index >= 15 is 0 Å². The molecule has 52 valence electrons. The third kappa shape index (κ3) is 1.43. The molecule has 2 N–H and O–H groups in total. The van der Waals surface area contributed by atoms with E-state index in [0.29, 0.717) is 12.2 Å². The first-order chi connectivity index (χ1) is 4.14. The largest absolute Gasteiger partial charge is 0.465 e. The SMILES string of the molecule is CC1(O)CC=C(CO)O1. The highest BCUT2D eigenvalue weighted by Crippen LogP contribution is 2.23. The second kappa shape index (κ2) is 2.01. The van der Waals surface area contributed by atoms with Crippen molar-refractivity contribution in [2.24, 2.45) is 0 Å². The Bertz CT molecular complexity index is 137. The number of aliphatic hydroxyl groups is 2. The number of aliphatic hydroxyl groups excluding tert-OH is 1. The fourth-order valence-corrected chi connectivity index (χ4v) is 0.766. The first-order valence-corrected chi connectivity index (χ1v) is 2.85. The molecule has 1 rings (SSSR count). The fraction of sp³-hybridized carbons (Fsp3) is 0.667. The van der Waals surface area contributed by atoms with Crippen molar-refractivity contribution in [1.29, 1.82) is 0 Å². The Hall–Kier alpha value is -0.540. The van der Waals surface area contributed by atoms with Crippen LogP contribution in [0.1, 0.15) is 13.3 Å². The zero-order chi connectivity index (χ0) is 6.91. The van der Waals surface area contributed by atoms with Crippen LogP contribution in [0.2, 0.25) is 0 Å². The first kappa shape index (κ1) is 6.58. The van der Waals surface area contributed by atoms with E-state index < -0.39 is 5.79 Å². The first-order valence-electron chi connectivity index (χ1n) is 2.85. The van der Waals surface area contributed by atoms with Gasteiger partial charge in [0.05, 0.1) is 0 Å². The van der Waals surface area contributed by atoms with Gasteiger partial charge in [-0.15, -0.1) is 0 Å². The molecule has 0 aromatic carbocycles. The minimum absolute atomic E-state index is 0.129. The molecule has 0 aromatic rings. The maximum absolute atomic E-state index is 9.11. The number of hydrogen-bond acceptors (Lipinski definition) is 3. The summed E-state index contributed by atoms with van der Waals surface area (Å²) in [5.74, 6) is -0.627. The molecule has 0 radical (unpaired) electrons. The Morgan fingerprint density at radius 2 is 2.56 bits per heavy atom. The molecule has 1 aliphatic heterocycles. The summed E-state index contributed by atoms with van der Waals surface area (Å²) in [6, 6.07) is 0. The molecule has 0 amide bonds. The summed E-state index contributed by atoms with van der Waals surface area (Å²) in [5.41, 5.74) is 0. The van der Waals surface area contributed by atoms with E-state index in [0.717, 1.165) is 0 Å². The van der Waals surface area contributed by atoms with Crippen LogP contribution in [-0.4, -0.2) is 22.6 Å². The summed E-state index contributed by atoms with van der Waals surface area (Å²) in [7, 11) is 0. The summed E-state index contributed by atoms with van der Waals surface area (Å²) in [5, 5.41) is 17.6. The van der Waals surface area contributed by atoms with E-state index in [2.05, 4.69) is 0 Å². The molecule has 0 saturated carbocycles. The van der Waals surface area contributed by atoms with Crippen LogP contribution < -0.4 is 0 Å². The predicted molar refractivity (Wildman–Crippen MR) is 31.5 cm³/mol. The maximum Gasteiger partial charge on any atom is 0.208 e. The van der Waals surface area contributed by atoms with Gasteiger partial charge in [0.25, 0.3) is 0 Å². The van der Waals surface area contributed by atoms with Crippen molar-refractivity contribution >= 4 is 0 Å². The topological polar surface area (TPSA) is 49.7 Å². The number of hydrogen-bond donors (Lipinski definition) is 2. The minimum Gasteiger partial charge on any atom is -0.465 e. The van der Waals surface area contributed by atoms with Gasteiger partial charge in [0.2, 0.25) is 5.79 Å². The lowest BCUT2D eigenvalue weighted by Crippen LogP contribution is -2.22. The van der Waals surface area contributed by atoms with E-state index in [1.165, 1.54) is 0 Å². The molecule has 1 unspecified atom stereocenters. The zero-order valence-corrected chi connectivity index (χ0v) is 5.29. The van der Waals surface area contributed by atoms with Gasteiger partial charge in [-0.3, -0.25) is 0 Å². The highest BCUT2D eigenvalue weighted by molar-refractivity contribution is 5.02. The maximum atomic E-state index is 9.11. The molecule has 0 bridgehead atoms. The van der Waals surface area contributed by atoms with Gasteiger partial charge in [-0.25, -0.2) is 0 Å². The quantitative estimate of drug-likeness (QED) is 0.525. The van der Waals surface area contributed by atoms with Crippen molar-refractivity contribution in [1.82, 2.24) is 0 Å². The number of rotatable bonds is 1. The lowest BCUT2D eigenvalue weighted by Gasteiger charge is -2.16. The van der Waals surface area contributed by atoms with Gasteiger partial charge in [-0.2, -0.15) is 0 Å². The van der Waals surface area contributed by atoms with Gasteiger partial charge >= 0.3 is 0 Å². The summed E-state index contributed by atoms with van der Waals surface area (Å²) in [6.45, 7) is 1.43. The molecular weight excluding hydrogens is 120 g/mol. The Balaban J connectivity index is 2.50. The van der Waals surface area contributed by atoms with Crippen molar-refractivity contribution in [3.05, 3.63) is 11.8 Å². The van der Waals surface area contributed by atoms with E-state index in [-0.39, 0.29) is 6.61 Å². The van der Waals surface area contributed by atoms with Crippen LogP contribution in [0.15, 0.2) is 11.8 Å². The van der Waals surface area contributed by atoms with E-state index in [1.807, 2.05) is 0 Å². The molecule has 0 spiro atoms. The average Bonchev–Trinajstić information content (AvgIpc) is 2.10. The monoisotopic (exact) mass is 130 g/mol. The van der Waals surface area contributed by atoms with Crippen molar-refractivity contribution in [2.75, 3.05) is 6.61 Å². The molecule has 9 heavy (non-hydrogen) atoms. The predicted octanol–water partition coefficient (Wildman–Crippen LogP) is -0.00860. The third-order valence-electron chi connectivity index (χ3n) is 1.22. The van der Waals surface area contributed by atoms with Crippen LogP contribution in [0.4, 0.5) is 0 Å². The fourth-order valence-electron chi connectivity index (χ4n) is 0.766. The van der Waals surface area contributed by atoms with Crippen LogP contribution in [-0.2, 0) is 4.74 Å². The Morgan fingerprint density at radius 3 is 2.78 bits per heavy atom. The van der Waals surface area contributed by atoms with Gasteiger partial charge in [-0.05, 0) is 6.08 Å². The Kier molecular flexibility index (Phi) is 1.47. The molecule has 3 heteroatoms. The lowest BCUT2D eigenvalue weighted by molar-refractivity contribution is -0.148. The Labute approximate surface area is 53.6 Å². The van der Waals surface area contributed by atoms with Crippen molar-refractivity contribution in [3.8, 4) is 0 Å². The van der Waals surface area contributed by atoms with Crippen LogP contribution in [0.5, 0.6) is 0 Å². The normalized spacial score (nSPS) is 33.9. The molecule has 0 aromatic heterocycles. The van der Waals surface area contributed by atoms with Gasteiger partial charge in [0.1, 0.15) is 12.4 Å². The third-order valence-corrected chi connectivity index (χ3v) is 1.22. The van der Waals surface area contributed by atoms with Crippen LogP contribution >= 0.6 is 0 Å². The van der Waals surface area contributed by atoms with Gasteiger partial charge in [0, 0.05) is 13.3 Å². The van der Waals surface area contributed by atoms with Gasteiger partial charge in [-0.1, -0.05) is 0 Å². The van der Waals surface area contributed by atoms with Crippen molar-refractivity contribution < 1.29 is 14.9 Å². The molecule has 0 fully saturated rings.